The maximum absolute atomic E-state index is 14.9. The van der Waals surface area contributed by atoms with Crippen LogP contribution >= 0.6 is 7.82 Å². The van der Waals surface area contributed by atoms with Crippen LogP contribution in [0.1, 0.15) is 36.0 Å². The van der Waals surface area contributed by atoms with Gasteiger partial charge in [-0.3, -0.25) is 0 Å². The normalized spacial score (nSPS) is 19.7. The van der Waals surface area contributed by atoms with Crippen molar-refractivity contribution in [1.29, 1.82) is 0 Å². The van der Waals surface area contributed by atoms with Crippen LogP contribution in [0.15, 0.2) is 108 Å². The smallest absolute Gasteiger partial charge is 0.159 e. The average Bonchev–Trinajstić information content (AvgIpc) is 3.41. The molecule has 26 heteroatoms. The Bertz CT molecular complexity index is 2440. The van der Waals surface area contributed by atoms with E-state index in [1.165, 1.54) is 82.2 Å². The summed E-state index contributed by atoms with van der Waals surface area (Å²) in [5.74, 6) is -5.83. The van der Waals surface area contributed by atoms with Crippen LogP contribution in [0.4, 0.5) is 26.3 Å². The molecule has 3 unspecified atom stereocenters. The topological polar surface area (TPSA) is 197 Å². The third-order valence-electron chi connectivity index (χ3n) is 12.5. The van der Waals surface area contributed by atoms with Crippen molar-refractivity contribution in [2.45, 2.75) is 61.4 Å². The molecule has 80 heavy (non-hydrogen) atoms. The first-order chi connectivity index (χ1) is 37.3. The van der Waals surface area contributed by atoms with Crippen LogP contribution < -0.4 is 57.3 Å². The van der Waals surface area contributed by atoms with Gasteiger partial charge in [0.2, 0.25) is 0 Å². The molecule has 3 aliphatic carbocycles. The van der Waals surface area contributed by atoms with Gasteiger partial charge in [-0.1, -0.05) is 0 Å². The Morgan fingerprint density at radius 3 is 0.750 bits per heavy atom. The maximum atomic E-state index is 14.9. The molecule has 0 radical (unpaired) electrons. The van der Waals surface area contributed by atoms with Crippen molar-refractivity contribution in [3.63, 3.8) is 0 Å². The maximum Gasteiger partial charge on any atom is -0.159 e. The molecule has 0 aliphatic heterocycles. The molecule has 0 aromatic heterocycles. The Morgan fingerprint density at radius 2 is 0.600 bits per heavy atom. The molecule has 428 valence electrons. The Morgan fingerprint density at radius 1 is 0.412 bits per heavy atom. The number of phosphoric acid groups is 1. The molecule has 16 nitrogen and oxygen atoms in total. The van der Waals surface area contributed by atoms with Gasteiger partial charge in [-0.15, -0.1) is 0 Å². The van der Waals surface area contributed by atoms with E-state index in [1.54, 1.807) is 94.2 Å². The van der Waals surface area contributed by atoms with Crippen molar-refractivity contribution >= 4 is 115 Å². The molecule has 3 aliphatic rings. The number of methoxy groups -OCH3 is 12. The molecule has 6 rings (SSSR count). The molecule has 0 fully saturated rings. The number of benzene rings is 3. The van der Waals surface area contributed by atoms with Crippen molar-refractivity contribution in [2.24, 2.45) is 0 Å². The molecule has 0 bridgehead atoms. The van der Waals surface area contributed by atoms with Gasteiger partial charge in [-0.25, -0.2) is 0 Å². The van der Waals surface area contributed by atoms with Crippen molar-refractivity contribution in [3.05, 3.63) is 124 Å². The number of rotatable bonds is 21. The zero-order valence-corrected chi connectivity index (χ0v) is 54.3. The molecule has 3 aromatic rings. The quantitative estimate of drug-likeness (QED) is 0.0598. The van der Waals surface area contributed by atoms with Gasteiger partial charge in [-0.05, 0) is 0 Å². The molecule has 0 N–H and O–H groups in total. The van der Waals surface area contributed by atoms with E-state index >= 15 is 0 Å². The minimum atomic E-state index is -5.39. The Kier molecular flexibility index (Phi) is 28.5. The van der Waals surface area contributed by atoms with E-state index < -0.39 is 49.9 Å². The van der Waals surface area contributed by atoms with E-state index in [1.807, 2.05) is 0 Å². The molecule has 3 aromatic carbocycles. The second kappa shape index (κ2) is 31.7. The molecule has 0 saturated carbocycles. The van der Waals surface area contributed by atoms with E-state index in [4.69, 9.17) is 76.1 Å². The number of alkyl halides is 6. The fraction of sp³-hybridized carbons (Fsp3) is 0.444. The zero-order chi connectivity index (χ0) is 60.5. The first-order valence-electron chi connectivity index (χ1n) is 24.0. The SMILES string of the molecule is COc1cc(CC(F)(F)C2=C[C]([Ca+])(OC)CC=C2)cc(OC)c1OC.COc1cc(CC(F)(F)C2=C[C]([Ca+])(OC)CC=C2)cc(OC)c1OC.COc1cc(CC(F)(F)C2=C[C]([Ca+])(OC)CC=C2)cc(OC)c1OC.O=P([O-])([O-])[O-]. The molecular weight excluding hydrogens is 1170 g/mol. The van der Waals surface area contributed by atoms with E-state index in [2.05, 4.69) is 0 Å². The summed E-state index contributed by atoms with van der Waals surface area (Å²) >= 11 is 2.24. The van der Waals surface area contributed by atoms with Crippen LogP contribution in [0.5, 0.6) is 51.7 Å². The fourth-order valence-electron chi connectivity index (χ4n) is 8.22. The first kappa shape index (κ1) is 71.9. The molecule has 3 atom stereocenters. The van der Waals surface area contributed by atoms with Crippen LogP contribution in [0.2, 0.25) is 0 Å². The zero-order valence-electron chi connectivity index (χ0n) is 46.8. The molecule has 0 saturated heterocycles. The Hall–Kier alpha value is -2.35. The molecule has 0 spiro atoms. The Labute approximate surface area is 534 Å². The van der Waals surface area contributed by atoms with Gasteiger partial charge in [0, 0.05) is 0 Å². The average molecular weight is 1230 g/mol. The fourth-order valence-corrected chi connectivity index (χ4v) is 10.0. The van der Waals surface area contributed by atoms with Gasteiger partial charge in [0.05, 0.1) is 0 Å². The number of ether oxygens (including phenoxy) is 12. The number of hydrogen-bond acceptors (Lipinski definition) is 16. The summed E-state index contributed by atoms with van der Waals surface area (Å²) < 4.78 is 159. The summed E-state index contributed by atoms with van der Waals surface area (Å²) in [7, 11) is 12.4. The number of halogens is 6. The third-order valence-corrected chi connectivity index (χ3v) is 16.1. The molecule has 0 amide bonds. The summed E-state index contributed by atoms with van der Waals surface area (Å²) in [6, 6.07) is 9.28. The van der Waals surface area contributed by atoms with Crippen LogP contribution in [-0.2, 0) is 38.0 Å². The van der Waals surface area contributed by atoms with Crippen LogP contribution in [0, 0.1) is 0 Å². The van der Waals surface area contributed by atoms with Gasteiger partial charge in [0.15, 0.2) is 0 Å². The largest absolute Gasteiger partial charge is 0.822 e. The van der Waals surface area contributed by atoms with Crippen LogP contribution in [0.3, 0.4) is 0 Å². The standard InChI is InChI=1S/3C18H21F2O4.3Ca.H3O4P/c3*1-21-14-7-5-6-13(10-14)18(19,20)11-12-8-15(22-2)17(24-4)16(9-12)23-3;;;;1-5(2,3)4/h3*5-6,8-10H,7,11H2,1-4H3;;;;(H3,1,2,3,4)/q;;;3*+1;/p-3. The number of hydrogen-bond donors (Lipinski definition) is 0. The van der Waals surface area contributed by atoms with Crippen molar-refractivity contribution < 1.29 is 102 Å². The molecular formula is C54H63Ca3F6O16P. The minimum absolute atomic E-state index is 0.0272. The predicted octanol–water partition coefficient (Wildman–Crippen LogP) is 7.04. The Balaban J connectivity index is 0.000000302. The van der Waals surface area contributed by atoms with E-state index in [9.17, 15) is 26.3 Å². The van der Waals surface area contributed by atoms with Crippen LogP contribution in [-0.4, -0.2) is 216 Å². The second-order valence-electron chi connectivity index (χ2n) is 18.1. The summed E-state index contributed by atoms with van der Waals surface area (Å²) in [5.41, 5.74) is 1.11. The number of allylic oxidation sites excluding steroid dienone is 6. The second-order valence-corrected chi connectivity index (χ2v) is 24.6. The monoisotopic (exact) mass is 1230 g/mol. The minimum Gasteiger partial charge on any atom is -0.822 e. The van der Waals surface area contributed by atoms with Crippen LogP contribution in [0.25, 0.3) is 0 Å². The summed E-state index contributed by atoms with van der Waals surface area (Å²) in [6.07, 6.45) is 14.7. The first-order valence-corrected chi connectivity index (χ1v) is 28.8. The third kappa shape index (κ3) is 21.0. The van der Waals surface area contributed by atoms with Gasteiger partial charge < -0.3 is 19.2 Å². The van der Waals surface area contributed by atoms with Gasteiger partial charge >= 0.3 is 513 Å². The molecule has 0 heterocycles. The summed E-state index contributed by atoms with van der Waals surface area (Å²) in [5, 5.41) is 0. The van der Waals surface area contributed by atoms with Crippen molar-refractivity contribution in [2.75, 3.05) is 85.3 Å². The van der Waals surface area contributed by atoms with Crippen molar-refractivity contribution in [1.82, 2.24) is 0 Å². The summed E-state index contributed by atoms with van der Waals surface area (Å²) in [4.78, 5) is 25.6. The van der Waals surface area contributed by atoms with Crippen molar-refractivity contribution in [3.8, 4) is 51.7 Å². The van der Waals surface area contributed by atoms with Gasteiger partial charge in [0.25, 0.3) is 0 Å². The van der Waals surface area contributed by atoms with E-state index in [0.717, 1.165) is 107 Å². The van der Waals surface area contributed by atoms with Gasteiger partial charge in [0.1, 0.15) is 0 Å². The summed E-state index contributed by atoms with van der Waals surface area (Å²) in [6.45, 7) is 0. The predicted molar refractivity (Wildman–Crippen MR) is 284 cm³/mol. The van der Waals surface area contributed by atoms with Gasteiger partial charge in [-0.2, -0.15) is 7.82 Å². The van der Waals surface area contributed by atoms with E-state index in [0.29, 0.717) is 87.7 Å². The van der Waals surface area contributed by atoms with E-state index in [-0.39, 0.29) is 16.7 Å².